The first kappa shape index (κ1) is 17.0. The van der Waals surface area contributed by atoms with Crippen LogP contribution in [0.2, 0.25) is 0 Å². The van der Waals surface area contributed by atoms with Gasteiger partial charge in [-0.1, -0.05) is 19.8 Å². The van der Waals surface area contributed by atoms with Gasteiger partial charge in [-0.3, -0.25) is 4.79 Å². The fourth-order valence-electron chi connectivity index (χ4n) is 1.93. The molecule has 1 N–H and O–H groups in total. The lowest BCUT2D eigenvalue weighted by atomic mass is 10.1. The van der Waals surface area contributed by atoms with E-state index in [1.807, 2.05) is 6.92 Å². The molecule has 0 radical (unpaired) electrons. The molecule has 0 spiro atoms. The quantitative estimate of drug-likeness (QED) is 0.819. The fourth-order valence-corrected chi connectivity index (χ4v) is 2.76. The van der Waals surface area contributed by atoms with Crippen molar-refractivity contribution in [2.45, 2.75) is 51.0 Å². The summed E-state index contributed by atoms with van der Waals surface area (Å²) >= 11 is 0. The van der Waals surface area contributed by atoms with E-state index in [0.29, 0.717) is 11.1 Å². The highest BCUT2D eigenvalue weighted by Crippen LogP contribution is 2.19. The first-order chi connectivity index (χ1) is 9.25. The third-order valence-electron chi connectivity index (χ3n) is 3.09. The number of carbonyl (C=O) groups is 1. The molecule has 0 aromatic heterocycles. The predicted octanol–water partition coefficient (Wildman–Crippen LogP) is 3.23. The highest BCUT2D eigenvalue weighted by molar-refractivity contribution is 8.13. The standard InChI is InChI=1S/C14H20ClNO3S/c1-4-5-6-11(3)16-14(17)13-8-7-12(9-10(13)2)20(15,18)19/h7-9,11H,4-6H2,1-3H3,(H,16,17). The fraction of sp³-hybridized carbons (Fsp3) is 0.500. The van der Waals surface area contributed by atoms with Gasteiger partial charge in [0.25, 0.3) is 15.0 Å². The van der Waals surface area contributed by atoms with E-state index in [9.17, 15) is 13.2 Å². The molecule has 4 nitrogen and oxygen atoms in total. The summed E-state index contributed by atoms with van der Waals surface area (Å²) in [5.74, 6) is -0.190. The minimum absolute atomic E-state index is 0.00671. The average molecular weight is 318 g/mol. The Kier molecular flexibility index (Phi) is 6.02. The Morgan fingerprint density at radius 3 is 2.55 bits per heavy atom. The van der Waals surface area contributed by atoms with Crippen LogP contribution in [0.1, 0.15) is 49.0 Å². The van der Waals surface area contributed by atoms with E-state index < -0.39 is 9.05 Å². The number of hydrogen-bond donors (Lipinski definition) is 1. The highest BCUT2D eigenvalue weighted by atomic mass is 35.7. The topological polar surface area (TPSA) is 63.2 Å². The van der Waals surface area contributed by atoms with E-state index in [1.54, 1.807) is 6.92 Å². The van der Waals surface area contributed by atoms with Crippen LogP contribution in [0.4, 0.5) is 0 Å². The van der Waals surface area contributed by atoms with E-state index in [1.165, 1.54) is 18.2 Å². The summed E-state index contributed by atoms with van der Waals surface area (Å²) in [6, 6.07) is 4.35. The Balaban J connectivity index is 2.84. The van der Waals surface area contributed by atoms with Gasteiger partial charge in [-0.05, 0) is 44.0 Å². The third kappa shape index (κ3) is 4.80. The van der Waals surface area contributed by atoms with Gasteiger partial charge in [0.05, 0.1) is 4.90 Å². The summed E-state index contributed by atoms with van der Waals surface area (Å²) in [4.78, 5) is 12.1. The highest BCUT2D eigenvalue weighted by Gasteiger charge is 2.16. The molecule has 0 saturated carbocycles. The number of halogens is 1. The van der Waals surface area contributed by atoms with Gasteiger partial charge in [-0.25, -0.2) is 8.42 Å². The summed E-state index contributed by atoms with van der Waals surface area (Å²) in [5.41, 5.74) is 1.06. The lowest BCUT2D eigenvalue weighted by Gasteiger charge is -2.14. The number of nitrogens with one attached hydrogen (secondary N) is 1. The largest absolute Gasteiger partial charge is 0.350 e. The van der Waals surface area contributed by atoms with Crippen molar-refractivity contribution in [3.63, 3.8) is 0 Å². The van der Waals surface area contributed by atoms with Gasteiger partial charge in [-0.2, -0.15) is 0 Å². The van der Waals surface area contributed by atoms with Crippen LogP contribution in [-0.2, 0) is 9.05 Å². The van der Waals surface area contributed by atoms with E-state index in [-0.39, 0.29) is 16.8 Å². The van der Waals surface area contributed by atoms with Crippen LogP contribution in [-0.4, -0.2) is 20.4 Å². The molecule has 0 saturated heterocycles. The number of benzene rings is 1. The molecule has 0 aliphatic rings. The van der Waals surface area contributed by atoms with Gasteiger partial charge in [0.15, 0.2) is 0 Å². The second-order valence-corrected chi connectivity index (χ2v) is 7.50. The van der Waals surface area contributed by atoms with Crippen LogP contribution in [0.15, 0.2) is 23.1 Å². The van der Waals surface area contributed by atoms with Crippen molar-refractivity contribution in [3.05, 3.63) is 29.3 Å². The first-order valence-corrected chi connectivity index (χ1v) is 8.92. The van der Waals surface area contributed by atoms with Crippen LogP contribution in [0.25, 0.3) is 0 Å². The summed E-state index contributed by atoms with van der Waals surface area (Å²) < 4.78 is 22.5. The van der Waals surface area contributed by atoms with E-state index in [0.717, 1.165) is 19.3 Å². The number of carbonyl (C=O) groups excluding carboxylic acids is 1. The number of hydrogen-bond acceptors (Lipinski definition) is 3. The minimum Gasteiger partial charge on any atom is -0.350 e. The SMILES string of the molecule is CCCCC(C)NC(=O)c1ccc(S(=O)(=O)Cl)cc1C. The van der Waals surface area contributed by atoms with Crippen molar-refractivity contribution in [2.75, 3.05) is 0 Å². The smallest absolute Gasteiger partial charge is 0.261 e. The number of rotatable bonds is 6. The lowest BCUT2D eigenvalue weighted by molar-refractivity contribution is 0.0937. The van der Waals surface area contributed by atoms with Gasteiger partial charge in [0.2, 0.25) is 0 Å². The maximum absolute atomic E-state index is 12.1. The molecule has 0 heterocycles. The molecule has 1 unspecified atom stereocenters. The second kappa shape index (κ2) is 7.09. The number of aryl methyl sites for hydroxylation is 1. The molecule has 112 valence electrons. The molecule has 1 aromatic rings. The maximum atomic E-state index is 12.1. The number of unbranched alkanes of at least 4 members (excludes halogenated alkanes) is 1. The molecule has 6 heteroatoms. The molecule has 0 bridgehead atoms. The Morgan fingerprint density at radius 1 is 1.40 bits per heavy atom. The molecule has 20 heavy (non-hydrogen) atoms. The van der Waals surface area contributed by atoms with E-state index in [4.69, 9.17) is 10.7 Å². The maximum Gasteiger partial charge on any atom is 0.261 e. The van der Waals surface area contributed by atoms with Crippen LogP contribution < -0.4 is 5.32 Å². The van der Waals surface area contributed by atoms with Crippen molar-refractivity contribution >= 4 is 25.6 Å². The molecule has 0 aliphatic carbocycles. The molecule has 1 atom stereocenters. The van der Waals surface area contributed by atoms with Crippen LogP contribution >= 0.6 is 10.7 Å². The lowest BCUT2D eigenvalue weighted by Crippen LogP contribution is -2.32. The molecule has 1 aromatic carbocycles. The Morgan fingerprint density at radius 2 is 2.05 bits per heavy atom. The summed E-state index contributed by atoms with van der Waals surface area (Å²) in [7, 11) is 1.51. The second-order valence-electron chi connectivity index (χ2n) is 4.93. The predicted molar refractivity (Wildman–Crippen MR) is 80.7 cm³/mol. The molecule has 1 amide bonds. The summed E-state index contributed by atoms with van der Waals surface area (Å²) in [6.07, 6.45) is 3.07. The van der Waals surface area contributed by atoms with Crippen molar-refractivity contribution in [1.82, 2.24) is 5.32 Å². The first-order valence-electron chi connectivity index (χ1n) is 6.62. The van der Waals surface area contributed by atoms with Gasteiger partial charge < -0.3 is 5.32 Å². The zero-order valence-electron chi connectivity index (χ0n) is 11.9. The zero-order chi connectivity index (χ0) is 15.3. The van der Waals surface area contributed by atoms with Gasteiger partial charge in [-0.15, -0.1) is 0 Å². The summed E-state index contributed by atoms with van der Waals surface area (Å²) in [6.45, 7) is 5.75. The van der Waals surface area contributed by atoms with Crippen LogP contribution in [0, 0.1) is 6.92 Å². The third-order valence-corrected chi connectivity index (χ3v) is 4.44. The Bertz CT molecular complexity index is 584. The molecule has 1 rings (SSSR count). The van der Waals surface area contributed by atoms with E-state index >= 15 is 0 Å². The Labute approximate surface area is 124 Å². The molecule has 0 aliphatic heterocycles. The van der Waals surface area contributed by atoms with E-state index in [2.05, 4.69) is 12.2 Å². The van der Waals surface area contributed by atoms with Crippen molar-refractivity contribution < 1.29 is 13.2 Å². The number of amides is 1. The molecular weight excluding hydrogens is 298 g/mol. The van der Waals surface area contributed by atoms with Crippen LogP contribution in [0.3, 0.4) is 0 Å². The normalized spacial score (nSPS) is 13.0. The molecular formula is C14H20ClNO3S. The van der Waals surface area contributed by atoms with Crippen LogP contribution in [0.5, 0.6) is 0 Å². The van der Waals surface area contributed by atoms with Crippen molar-refractivity contribution in [2.24, 2.45) is 0 Å². The Hall–Kier alpha value is -1.07. The van der Waals surface area contributed by atoms with Crippen molar-refractivity contribution in [1.29, 1.82) is 0 Å². The van der Waals surface area contributed by atoms with Gasteiger partial charge >= 0.3 is 0 Å². The average Bonchev–Trinajstić information content (AvgIpc) is 2.34. The van der Waals surface area contributed by atoms with Crippen molar-refractivity contribution in [3.8, 4) is 0 Å². The summed E-state index contributed by atoms with van der Waals surface area (Å²) in [5, 5.41) is 2.91. The zero-order valence-corrected chi connectivity index (χ0v) is 13.5. The molecule has 0 fully saturated rings. The van der Waals surface area contributed by atoms with Gasteiger partial charge in [0.1, 0.15) is 0 Å². The minimum atomic E-state index is -3.76. The monoisotopic (exact) mass is 317 g/mol. The van der Waals surface area contributed by atoms with Gasteiger partial charge in [0, 0.05) is 22.3 Å².